The van der Waals surface area contributed by atoms with E-state index >= 15 is 0 Å². The number of halogens is 4. The molecule has 0 bridgehead atoms. The van der Waals surface area contributed by atoms with Crippen molar-refractivity contribution in [3.8, 4) is 0 Å². The van der Waals surface area contributed by atoms with Crippen LogP contribution in [0.25, 0.3) is 0 Å². The van der Waals surface area contributed by atoms with Gasteiger partial charge in [-0.3, -0.25) is 4.79 Å². The van der Waals surface area contributed by atoms with E-state index in [0.29, 0.717) is 25.7 Å². The van der Waals surface area contributed by atoms with Crippen LogP contribution in [0.3, 0.4) is 0 Å². The Morgan fingerprint density at radius 3 is 2.50 bits per heavy atom. The molecule has 0 radical (unpaired) electrons. The smallest absolute Gasteiger partial charge is 0.352 e. The Morgan fingerprint density at radius 2 is 2.00 bits per heavy atom. The molecule has 1 saturated carbocycles. The third kappa shape index (κ3) is 4.04. The van der Waals surface area contributed by atoms with Gasteiger partial charge in [0.15, 0.2) is 0 Å². The van der Waals surface area contributed by atoms with Gasteiger partial charge in [0.1, 0.15) is 0 Å². The van der Waals surface area contributed by atoms with Crippen LogP contribution in [0.15, 0.2) is 0 Å². The van der Waals surface area contributed by atoms with Crippen molar-refractivity contribution in [1.29, 1.82) is 0 Å². The van der Waals surface area contributed by atoms with Crippen molar-refractivity contribution in [2.24, 2.45) is 11.8 Å². The van der Waals surface area contributed by atoms with E-state index < -0.39 is 23.9 Å². The zero-order chi connectivity index (χ0) is 13.8. The number of carbonyl (C=O) groups is 1. The summed E-state index contributed by atoms with van der Waals surface area (Å²) in [5.74, 6) is -2.72. The van der Waals surface area contributed by atoms with E-state index in [4.69, 9.17) is 11.6 Å². The minimum Gasteiger partial charge on any atom is -0.352 e. The fraction of sp³-hybridized carbons (Fsp3) is 0.917. The van der Waals surface area contributed by atoms with Crippen molar-refractivity contribution in [2.75, 3.05) is 5.88 Å². The van der Waals surface area contributed by atoms with Crippen LogP contribution in [0.4, 0.5) is 13.2 Å². The van der Waals surface area contributed by atoms with Gasteiger partial charge in [0, 0.05) is 17.8 Å². The maximum atomic E-state index is 12.8. The molecule has 1 amide bonds. The maximum Gasteiger partial charge on any atom is 0.392 e. The summed E-state index contributed by atoms with van der Waals surface area (Å²) in [4.78, 5) is 11.9. The molecular formula is C12H19ClF3NO. The normalized spacial score (nSPS) is 26.7. The average molecular weight is 286 g/mol. The fourth-order valence-electron chi connectivity index (χ4n) is 2.39. The van der Waals surface area contributed by atoms with Gasteiger partial charge in [0.25, 0.3) is 0 Å². The van der Waals surface area contributed by atoms with E-state index in [9.17, 15) is 18.0 Å². The van der Waals surface area contributed by atoms with Crippen LogP contribution in [0.1, 0.15) is 39.0 Å². The molecule has 0 aromatic rings. The predicted molar refractivity (Wildman–Crippen MR) is 64.4 cm³/mol. The Kier molecular flexibility index (Phi) is 5.76. The van der Waals surface area contributed by atoms with Gasteiger partial charge in [-0.25, -0.2) is 0 Å². The van der Waals surface area contributed by atoms with Crippen molar-refractivity contribution in [1.82, 2.24) is 5.32 Å². The van der Waals surface area contributed by atoms with E-state index in [1.54, 1.807) is 0 Å². The molecule has 1 aliphatic carbocycles. The molecule has 0 saturated heterocycles. The second-order valence-electron chi connectivity index (χ2n) is 4.81. The van der Waals surface area contributed by atoms with Crippen LogP contribution in [-0.4, -0.2) is 24.0 Å². The first-order valence-corrected chi connectivity index (χ1v) is 6.86. The molecule has 3 unspecified atom stereocenters. The van der Waals surface area contributed by atoms with Crippen molar-refractivity contribution in [3.63, 3.8) is 0 Å². The summed E-state index contributed by atoms with van der Waals surface area (Å²) in [6.45, 7) is 1.84. The molecule has 1 aliphatic rings. The second kappa shape index (κ2) is 6.64. The van der Waals surface area contributed by atoms with Crippen molar-refractivity contribution in [2.45, 2.75) is 51.2 Å². The molecule has 1 N–H and O–H groups in total. The lowest BCUT2D eigenvalue weighted by Gasteiger charge is -2.32. The Hall–Kier alpha value is -0.450. The molecule has 0 heterocycles. The van der Waals surface area contributed by atoms with Gasteiger partial charge in [0.2, 0.25) is 5.91 Å². The quantitative estimate of drug-likeness (QED) is 0.787. The largest absolute Gasteiger partial charge is 0.392 e. The Labute approximate surface area is 110 Å². The van der Waals surface area contributed by atoms with Crippen molar-refractivity contribution in [3.05, 3.63) is 0 Å². The van der Waals surface area contributed by atoms with E-state index in [2.05, 4.69) is 5.32 Å². The summed E-state index contributed by atoms with van der Waals surface area (Å²) < 4.78 is 38.5. The highest BCUT2D eigenvalue weighted by Gasteiger charge is 2.48. The highest BCUT2D eigenvalue weighted by molar-refractivity contribution is 6.18. The minimum absolute atomic E-state index is 0.0548. The molecule has 0 aromatic heterocycles. The van der Waals surface area contributed by atoms with Crippen molar-refractivity contribution >= 4 is 17.5 Å². The van der Waals surface area contributed by atoms with Gasteiger partial charge in [0.05, 0.1) is 5.92 Å². The monoisotopic (exact) mass is 285 g/mol. The van der Waals surface area contributed by atoms with Gasteiger partial charge >= 0.3 is 6.18 Å². The van der Waals surface area contributed by atoms with Crippen LogP contribution in [0.2, 0.25) is 0 Å². The van der Waals surface area contributed by atoms with E-state index in [0.717, 1.165) is 0 Å². The number of alkyl halides is 4. The predicted octanol–water partition coefficient (Wildman–Crippen LogP) is 3.49. The molecule has 0 spiro atoms. The van der Waals surface area contributed by atoms with E-state index in [1.165, 1.54) is 0 Å². The molecule has 106 valence electrons. The topological polar surface area (TPSA) is 29.1 Å². The molecule has 0 aromatic carbocycles. The molecule has 18 heavy (non-hydrogen) atoms. The lowest BCUT2D eigenvalue weighted by molar-refractivity contribution is -0.198. The highest BCUT2D eigenvalue weighted by atomic mass is 35.5. The Bertz CT molecular complexity index is 279. The molecule has 6 heteroatoms. The number of hydrogen-bond donors (Lipinski definition) is 1. The molecule has 1 fully saturated rings. The summed E-state index contributed by atoms with van der Waals surface area (Å²) in [5.41, 5.74) is 0. The third-order valence-corrected chi connectivity index (χ3v) is 3.92. The van der Waals surface area contributed by atoms with E-state index in [-0.39, 0.29) is 18.3 Å². The standard InChI is InChI=1S/C12H19ClF3NO/c1-2-8(7-13)17-11(18)9-5-3-4-6-10(9)12(14,15)16/h8-10H,2-7H2,1H3,(H,17,18). The van der Waals surface area contributed by atoms with Crippen LogP contribution in [0, 0.1) is 11.8 Å². The van der Waals surface area contributed by atoms with Gasteiger partial charge in [-0.15, -0.1) is 11.6 Å². The highest BCUT2D eigenvalue weighted by Crippen LogP contribution is 2.41. The third-order valence-electron chi connectivity index (χ3n) is 3.55. The summed E-state index contributed by atoms with van der Waals surface area (Å²) in [6, 6.07) is -0.241. The molecular weight excluding hydrogens is 267 g/mol. The number of hydrogen-bond acceptors (Lipinski definition) is 1. The number of carbonyl (C=O) groups excluding carboxylic acids is 1. The summed E-state index contributed by atoms with van der Waals surface area (Å²) in [6.07, 6.45) is -2.07. The van der Waals surface area contributed by atoms with Gasteiger partial charge < -0.3 is 5.32 Å². The lowest BCUT2D eigenvalue weighted by atomic mass is 9.78. The fourth-order valence-corrected chi connectivity index (χ4v) is 2.69. The lowest BCUT2D eigenvalue weighted by Crippen LogP contribution is -2.46. The average Bonchev–Trinajstić information content (AvgIpc) is 2.34. The minimum atomic E-state index is -4.29. The Morgan fingerprint density at radius 1 is 1.39 bits per heavy atom. The maximum absolute atomic E-state index is 12.8. The van der Waals surface area contributed by atoms with Gasteiger partial charge in [-0.1, -0.05) is 19.8 Å². The first-order chi connectivity index (χ1) is 8.40. The van der Waals surface area contributed by atoms with Crippen LogP contribution in [-0.2, 0) is 4.79 Å². The number of rotatable bonds is 4. The summed E-state index contributed by atoms with van der Waals surface area (Å²) in [5, 5.41) is 2.62. The SMILES string of the molecule is CCC(CCl)NC(=O)C1CCCCC1C(F)(F)F. The summed E-state index contributed by atoms with van der Waals surface area (Å²) >= 11 is 5.64. The van der Waals surface area contributed by atoms with Crippen LogP contribution >= 0.6 is 11.6 Å². The molecule has 2 nitrogen and oxygen atoms in total. The van der Waals surface area contributed by atoms with Crippen molar-refractivity contribution < 1.29 is 18.0 Å². The molecule has 0 aliphatic heterocycles. The van der Waals surface area contributed by atoms with Gasteiger partial charge in [-0.05, 0) is 19.3 Å². The van der Waals surface area contributed by atoms with Gasteiger partial charge in [-0.2, -0.15) is 13.2 Å². The zero-order valence-electron chi connectivity index (χ0n) is 10.4. The second-order valence-corrected chi connectivity index (χ2v) is 5.12. The number of nitrogens with one attached hydrogen (secondary N) is 1. The van der Waals surface area contributed by atoms with Crippen LogP contribution < -0.4 is 5.32 Å². The first-order valence-electron chi connectivity index (χ1n) is 6.33. The zero-order valence-corrected chi connectivity index (χ0v) is 11.2. The number of amides is 1. The Balaban J connectivity index is 2.68. The summed E-state index contributed by atoms with van der Waals surface area (Å²) in [7, 11) is 0. The molecule has 1 rings (SSSR count). The molecule has 3 atom stereocenters. The van der Waals surface area contributed by atoms with Crippen LogP contribution in [0.5, 0.6) is 0 Å². The first kappa shape index (κ1) is 15.6. The van der Waals surface area contributed by atoms with E-state index in [1.807, 2.05) is 6.92 Å².